The number of carbonyl (C=O) groups excluding carboxylic acids is 2. The molecular formula is C17H17N3O2. The zero-order valence-corrected chi connectivity index (χ0v) is 12.3. The zero-order chi connectivity index (χ0) is 15.7. The first kappa shape index (κ1) is 14.3. The van der Waals surface area contributed by atoms with E-state index in [9.17, 15) is 9.59 Å². The summed E-state index contributed by atoms with van der Waals surface area (Å²) < 4.78 is 0. The SMILES string of the molecule is Cc1cc(CN)cc(NC(=O)c2cccc3c2CC(=O)N3)c1. The molecule has 0 unspecified atom stereocenters. The van der Waals surface area contributed by atoms with Crippen molar-refractivity contribution in [2.45, 2.75) is 19.9 Å². The Balaban J connectivity index is 1.89. The van der Waals surface area contributed by atoms with Gasteiger partial charge in [-0.1, -0.05) is 12.1 Å². The minimum atomic E-state index is -0.220. The number of fused-ring (bicyclic) bond motifs is 1. The molecule has 0 saturated carbocycles. The molecule has 1 aliphatic heterocycles. The van der Waals surface area contributed by atoms with Crippen LogP contribution in [0.3, 0.4) is 0 Å². The standard InChI is InChI=1S/C17H17N3O2/c1-10-5-11(9-18)7-12(6-10)19-17(22)13-3-2-4-15-14(13)8-16(21)20-15/h2-7H,8-9,18H2,1H3,(H,19,22)(H,20,21). The van der Waals surface area contributed by atoms with E-state index in [4.69, 9.17) is 5.73 Å². The summed E-state index contributed by atoms with van der Waals surface area (Å²) >= 11 is 0. The average Bonchev–Trinajstić information content (AvgIpc) is 2.86. The van der Waals surface area contributed by atoms with E-state index in [2.05, 4.69) is 10.6 Å². The lowest BCUT2D eigenvalue weighted by molar-refractivity contribution is -0.115. The molecule has 5 nitrogen and oxygen atoms in total. The number of hydrogen-bond acceptors (Lipinski definition) is 3. The van der Waals surface area contributed by atoms with Gasteiger partial charge in [0.1, 0.15) is 0 Å². The summed E-state index contributed by atoms with van der Waals surface area (Å²) in [6.45, 7) is 2.38. The Bertz CT molecular complexity index is 768. The minimum absolute atomic E-state index is 0.0868. The Morgan fingerprint density at radius 2 is 2.14 bits per heavy atom. The van der Waals surface area contributed by atoms with Crippen molar-refractivity contribution in [1.29, 1.82) is 0 Å². The molecule has 112 valence electrons. The van der Waals surface area contributed by atoms with E-state index in [1.807, 2.05) is 25.1 Å². The third-order valence-electron chi connectivity index (χ3n) is 3.66. The van der Waals surface area contributed by atoms with Crippen molar-refractivity contribution in [3.8, 4) is 0 Å². The number of hydrogen-bond donors (Lipinski definition) is 3. The summed E-state index contributed by atoms with van der Waals surface area (Å²) in [5.74, 6) is -0.307. The highest BCUT2D eigenvalue weighted by Gasteiger charge is 2.23. The summed E-state index contributed by atoms with van der Waals surface area (Å²) in [6.07, 6.45) is 0.237. The number of anilines is 2. The van der Waals surface area contributed by atoms with E-state index < -0.39 is 0 Å². The van der Waals surface area contributed by atoms with Gasteiger partial charge in [-0.2, -0.15) is 0 Å². The second-order valence-electron chi connectivity index (χ2n) is 5.42. The summed E-state index contributed by atoms with van der Waals surface area (Å²) in [5.41, 5.74) is 10.3. The predicted octanol–water partition coefficient (Wildman–Crippen LogP) is 2.20. The molecule has 4 N–H and O–H groups in total. The lowest BCUT2D eigenvalue weighted by Crippen LogP contribution is -2.14. The molecule has 0 fully saturated rings. The van der Waals surface area contributed by atoms with Crippen LogP contribution in [0.15, 0.2) is 36.4 Å². The Morgan fingerprint density at radius 3 is 2.91 bits per heavy atom. The predicted molar refractivity (Wildman–Crippen MR) is 85.8 cm³/mol. The van der Waals surface area contributed by atoms with E-state index in [1.54, 1.807) is 18.2 Å². The molecule has 3 rings (SSSR count). The Hall–Kier alpha value is -2.66. The molecule has 22 heavy (non-hydrogen) atoms. The van der Waals surface area contributed by atoms with Crippen molar-refractivity contribution < 1.29 is 9.59 Å². The largest absolute Gasteiger partial charge is 0.326 e. The summed E-state index contributed by atoms with van der Waals surface area (Å²) in [4.78, 5) is 24.0. The molecule has 2 aromatic rings. The molecule has 2 amide bonds. The molecule has 0 aliphatic carbocycles. The van der Waals surface area contributed by atoms with Gasteiger partial charge in [0.15, 0.2) is 0 Å². The van der Waals surface area contributed by atoms with E-state index in [0.717, 1.165) is 16.7 Å². The fraction of sp³-hybridized carbons (Fsp3) is 0.176. The van der Waals surface area contributed by atoms with Crippen LogP contribution in [-0.4, -0.2) is 11.8 Å². The van der Waals surface area contributed by atoms with Crippen LogP contribution >= 0.6 is 0 Å². The highest BCUT2D eigenvalue weighted by Crippen LogP contribution is 2.27. The zero-order valence-electron chi connectivity index (χ0n) is 12.3. The van der Waals surface area contributed by atoms with Crippen molar-refractivity contribution in [2.24, 2.45) is 5.73 Å². The fourth-order valence-electron chi connectivity index (χ4n) is 2.71. The van der Waals surface area contributed by atoms with Crippen LogP contribution in [0, 0.1) is 6.92 Å². The van der Waals surface area contributed by atoms with Gasteiger partial charge in [0.05, 0.1) is 6.42 Å². The minimum Gasteiger partial charge on any atom is -0.326 e. The molecule has 0 bridgehead atoms. The number of nitrogens with two attached hydrogens (primary N) is 1. The van der Waals surface area contributed by atoms with Crippen molar-refractivity contribution >= 4 is 23.2 Å². The number of nitrogens with one attached hydrogen (secondary N) is 2. The average molecular weight is 295 g/mol. The molecular weight excluding hydrogens is 278 g/mol. The summed E-state index contributed by atoms with van der Waals surface area (Å²) in [5, 5.41) is 5.63. The van der Waals surface area contributed by atoms with Gasteiger partial charge >= 0.3 is 0 Å². The van der Waals surface area contributed by atoms with E-state index in [-0.39, 0.29) is 18.2 Å². The third kappa shape index (κ3) is 2.71. The van der Waals surface area contributed by atoms with Crippen LogP contribution in [0.1, 0.15) is 27.0 Å². The van der Waals surface area contributed by atoms with E-state index in [0.29, 0.717) is 23.5 Å². The highest BCUT2D eigenvalue weighted by atomic mass is 16.2. The molecule has 0 spiro atoms. The maximum Gasteiger partial charge on any atom is 0.256 e. The second kappa shape index (κ2) is 5.61. The van der Waals surface area contributed by atoms with Gasteiger partial charge in [-0.25, -0.2) is 0 Å². The second-order valence-corrected chi connectivity index (χ2v) is 5.42. The van der Waals surface area contributed by atoms with Gasteiger partial charge in [0.25, 0.3) is 5.91 Å². The summed E-state index contributed by atoms with van der Waals surface area (Å²) in [6, 6.07) is 11.0. The first-order valence-corrected chi connectivity index (χ1v) is 7.10. The van der Waals surface area contributed by atoms with Gasteiger partial charge < -0.3 is 16.4 Å². The Kier molecular flexibility index (Phi) is 3.65. The highest BCUT2D eigenvalue weighted by molar-refractivity contribution is 6.10. The third-order valence-corrected chi connectivity index (χ3v) is 3.66. The number of carbonyl (C=O) groups is 2. The Labute approximate surface area is 128 Å². The van der Waals surface area contributed by atoms with E-state index in [1.165, 1.54) is 0 Å². The first-order valence-electron chi connectivity index (χ1n) is 7.10. The van der Waals surface area contributed by atoms with Crippen molar-refractivity contribution in [2.75, 3.05) is 10.6 Å². The monoisotopic (exact) mass is 295 g/mol. The summed E-state index contributed by atoms with van der Waals surface area (Å²) in [7, 11) is 0. The normalized spacial score (nSPS) is 12.7. The quantitative estimate of drug-likeness (QED) is 0.811. The lowest BCUT2D eigenvalue weighted by atomic mass is 10.0. The molecule has 1 aliphatic rings. The fourth-order valence-corrected chi connectivity index (χ4v) is 2.71. The Morgan fingerprint density at radius 1 is 1.32 bits per heavy atom. The lowest BCUT2D eigenvalue weighted by Gasteiger charge is -2.10. The van der Waals surface area contributed by atoms with Crippen molar-refractivity contribution in [3.05, 3.63) is 58.7 Å². The number of rotatable bonds is 3. The van der Waals surface area contributed by atoms with Crippen LogP contribution in [0.25, 0.3) is 0 Å². The molecule has 0 radical (unpaired) electrons. The number of amides is 2. The molecule has 0 atom stereocenters. The number of benzene rings is 2. The molecule has 0 aromatic heterocycles. The number of aryl methyl sites for hydroxylation is 1. The maximum atomic E-state index is 12.5. The molecule has 2 aromatic carbocycles. The van der Waals surface area contributed by atoms with Gasteiger partial charge in [0.2, 0.25) is 5.91 Å². The van der Waals surface area contributed by atoms with Gasteiger partial charge in [0, 0.05) is 23.5 Å². The van der Waals surface area contributed by atoms with Gasteiger partial charge in [-0.05, 0) is 47.9 Å². The van der Waals surface area contributed by atoms with Crippen molar-refractivity contribution in [3.63, 3.8) is 0 Å². The maximum absolute atomic E-state index is 12.5. The smallest absolute Gasteiger partial charge is 0.256 e. The van der Waals surface area contributed by atoms with Crippen LogP contribution in [-0.2, 0) is 17.8 Å². The van der Waals surface area contributed by atoms with Crippen molar-refractivity contribution in [1.82, 2.24) is 0 Å². The van der Waals surface area contributed by atoms with Crippen LogP contribution < -0.4 is 16.4 Å². The molecule has 0 saturated heterocycles. The van der Waals surface area contributed by atoms with Crippen LogP contribution in [0.5, 0.6) is 0 Å². The van der Waals surface area contributed by atoms with Crippen LogP contribution in [0.4, 0.5) is 11.4 Å². The van der Waals surface area contributed by atoms with Gasteiger partial charge in [-0.15, -0.1) is 0 Å². The molecule has 1 heterocycles. The molecule has 5 heteroatoms. The van der Waals surface area contributed by atoms with Gasteiger partial charge in [-0.3, -0.25) is 9.59 Å². The van der Waals surface area contributed by atoms with Crippen LogP contribution in [0.2, 0.25) is 0 Å². The first-order chi connectivity index (χ1) is 10.6. The van der Waals surface area contributed by atoms with E-state index >= 15 is 0 Å². The topological polar surface area (TPSA) is 84.2 Å².